The molecule has 13 heteroatoms. The van der Waals surface area contributed by atoms with Gasteiger partial charge in [0.1, 0.15) is 11.8 Å². The third-order valence-corrected chi connectivity index (χ3v) is 11.7. The number of nitrogens with zero attached hydrogens (tertiary/aromatic N) is 1. The summed E-state index contributed by atoms with van der Waals surface area (Å²) in [6.07, 6.45) is 4.98. The molecule has 0 saturated heterocycles. The van der Waals surface area contributed by atoms with Gasteiger partial charge in [-0.3, -0.25) is 19.7 Å². The van der Waals surface area contributed by atoms with Crippen molar-refractivity contribution in [1.82, 2.24) is 15.4 Å². The van der Waals surface area contributed by atoms with Crippen LogP contribution in [0.3, 0.4) is 0 Å². The van der Waals surface area contributed by atoms with Gasteiger partial charge in [-0.15, -0.1) is 11.3 Å². The van der Waals surface area contributed by atoms with Crippen LogP contribution in [-0.4, -0.2) is 42.8 Å². The number of allylic oxidation sites excluding steroid dienone is 1. The van der Waals surface area contributed by atoms with Crippen molar-refractivity contribution in [2.24, 2.45) is 0 Å². The summed E-state index contributed by atoms with van der Waals surface area (Å²) in [6.45, 7) is 1.53. The van der Waals surface area contributed by atoms with Crippen molar-refractivity contribution in [3.8, 4) is 5.75 Å². The van der Waals surface area contributed by atoms with Crippen molar-refractivity contribution in [2.75, 3.05) is 19.2 Å². The highest BCUT2D eigenvalue weighted by atomic mass is 32.2. The van der Waals surface area contributed by atoms with Gasteiger partial charge in [0, 0.05) is 48.8 Å². The van der Waals surface area contributed by atoms with Gasteiger partial charge in [-0.2, -0.15) is 0 Å². The van der Waals surface area contributed by atoms with E-state index in [-0.39, 0.29) is 11.6 Å². The second-order valence-corrected chi connectivity index (χ2v) is 15.2. The third-order valence-electron chi connectivity index (χ3n) is 7.75. The smallest absolute Gasteiger partial charge is 0.418 e. The average molecular weight is 736 g/mol. The number of pyridine rings is 1. The largest absolute Gasteiger partial charge is 0.468 e. The Morgan fingerprint density at radius 1 is 0.941 bits per heavy atom. The summed E-state index contributed by atoms with van der Waals surface area (Å²) in [6, 6.07) is 30.4. The van der Waals surface area contributed by atoms with Crippen LogP contribution in [0.1, 0.15) is 28.5 Å². The number of esters is 1. The summed E-state index contributed by atoms with van der Waals surface area (Å²) < 4.78 is 28.4. The summed E-state index contributed by atoms with van der Waals surface area (Å²) in [7, 11) is -1.40. The first-order chi connectivity index (χ1) is 24.7. The number of thiophene rings is 1. The maximum Gasteiger partial charge on any atom is 0.418 e. The van der Waals surface area contributed by atoms with E-state index in [1.807, 2.05) is 72.8 Å². The van der Waals surface area contributed by atoms with Gasteiger partial charge in [0.25, 0.3) is 5.91 Å². The van der Waals surface area contributed by atoms with Gasteiger partial charge in [0.2, 0.25) is 0 Å². The quantitative estimate of drug-likeness (QED) is 0.0520. The molecule has 10 nitrogen and oxygen atoms in total. The van der Waals surface area contributed by atoms with Crippen molar-refractivity contribution in [1.29, 1.82) is 5.41 Å². The van der Waals surface area contributed by atoms with Gasteiger partial charge in [-0.25, -0.2) is 9.65 Å². The highest BCUT2D eigenvalue weighted by Gasteiger charge is 2.33. The van der Waals surface area contributed by atoms with E-state index in [1.54, 1.807) is 67.1 Å². The van der Waals surface area contributed by atoms with Gasteiger partial charge >= 0.3 is 13.6 Å². The monoisotopic (exact) mass is 735 g/mol. The molecular weight excluding hydrogens is 702 g/mol. The highest BCUT2D eigenvalue weighted by Crippen LogP contribution is 2.49. The second kappa shape index (κ2) is 15.7. The summed E-state index contributed by atoms with van der Waals surface area (Å²) in [5.41, 5.74) is 1.95. The fraction of sp³-hybridized carbons (Fsp3) is 0.105. The highest BCUT2D eigenvalue weighted by molar-refractivity contribution is 7.99. The summed E-state index contributed by atoms with van der Waals surface area (Å²) >= 11 is 2.93. The lowest BCUT2D eigenvalue weighted by molar-refractivity contribution is -0.142. The van der Waals surface area contributed by atoms with Crippen molar-refractivity contribution in [2.45, 2.75) is 22.8 Å². The zero-order valence-electron chi connectivity index (χ0n) is 27.9. The normalized spacial score (nSPS) is 13.1. The van der Waals surface area contributed by atoms with Crippen LogP contribution in [0.2, 0.25) is 0 Å². The molecule has 2 heterocycles. The molecule has 6 aromatic rings. The standard InChI is InChI=1S/C38H34N5O5PS2/c1-24(38(45)47-3)42-49(46,48-32-14-10-17-35-36(32)28-12-4-6-15-33(28)51-35)43-31-23-26(50-34-16-7-5-13-29(34)37(44)40-2)19-20-27(31)30(39)21-18-25-11-8-9-22-41-25/h4-24,39H,1-3H3,(H,40,44)(H2,42,43,46)/b21-18+,39-30?. The molecule has 2 unspecified atom stereocenters. The number of carbonyl (C=O) groups is 2. The van der Waals surface area contributed by atoms with Crippen molar-refractivity contribution in [3.63, 3.8) is 0 Å². The molecule has 0 radical (unpaired) electrons. The molecule has 0 aliphatic carbocycles. The molecule has 0 aliphatic heterocycles. The number of rotatable bonds is 13. The topological polar surface area (TPSA) is 142 Å². The summed E-state index contributed by atoms with van der Waals surface area (Å²) in [5.74, 6) is -0.521. The van der Waals surface area contributed by atoms with Gasteiger partial charge in [-0.05, 0) is 79.7 Å². The van der Waals surface area contributed by atoms with E-state index in [9.17, 15) is 9.59 Å². The summed E-state index contributed by atoms with van der Waals surface area (Å²) in [5, 5.41) is 19.4. The van der Waals surface area contributed by atoms with E-state index in [1.165, 1.54) is 25.8 Å². The van der Waals surface area contributed by atoms with Gasteiger partial charge in [0.15, 0.2) is 0 Å². The fourth-order valence-corrected chi connectivity index (χ4v) is 9.15. The minimum Gasteiger partial charge on any atom is -0.468 e. The lowest BCUT2D eigenvalue weighted by Crippen LogP contribution is -2.36. The molecule has 258 valence electrons. The summed E-state index contributed by atoms with van der Waals surface area (Å²) in [4.78, 5) is 31.0. The molecule has 0 saturated carbocycles. The van der Waals surface area contributed by atoms with E-state index in [4.69, 9.17) is 14.7 Å². The average Bonchev–Trinajstić information content (AvgIpc) is 3.53. The first-order valence-corrected chi connectivity index (χ1v) is 19.1. The number of fused-ring (bicyclic) bond motifs is 3. The van der Waals surface area contributed by atoms with Crippen molar-refractivity contribution >= 4 is 80.3 Å². The predicted octanol–water partition coefficient (Wildman–Crippen LogP) is 8.79. The molecular formula is C38H34N5O5PS2. The molecule has 1 amide bonds. The van der Waals surface area contributed by atoms with E-state index in [0.717, 1.165) is 20.2 Å². The number of hydrogen-bond acceptors (Lipinski definition) is 9. The maximum atomic E-state index is 15.1. The van der Waals surface area contributed by atoms with E-state index in [2.05, 4.69) is 20.5 Å². The Labute approximate surface area is 303 Å². The first kappa shape index (κ1) is 35.6. The van der Waals surface area contributed by atoms with Gasteiger partial charge in [-0.1, -0.05) is 54.2 Å². The van der Waals surface area contributed by atoms with Crippen LogP contribution in [0.15, 0.2) is 125 Å². The van der Waals surface area contributed by atoms with Crippen LogP contribution in [0.5, 0.6) is 5.75 Å². The van der Waals surface area contributed by atoms with Crippen LogP contribution in [0, 0.1) is 5.41 Å². The van der Waals surface area contributed by atoms with E-state index < -0.39 is 19.7 Å². The molecule has 0 aliphatic rings. The minimum absolute atomic E-state index is 0.101. The number of anilines is 1. The number of nitrogens with one attached hydrogen (secondary N) is 4. The van der Waals surface area contributed by atoms with E-state index in [0.29, 0.717) is 38.0 Å². The van der Waals surface area contributed by atoms with Crippen molar-refractivity contribution in [3.05, 3.63) is 132 Å². The Kier molecular flexibility index (Phi) is 11.0. The number of hydrogen-bond donors (Lipinski definition) is 4. The predicted molar refractivity (Wildman–Crippen MR) is 206 cm³/mol. The minimum atomic E-state index is -4.22. The molecule has 0 fully saturated rings. The Hall–Kier alpha value is -5.26. The second-order valence-electron chi connectivity index (χ2n) is 11.2. The van der Waals surface area contributed by atoms with E-state index >= 15 is 4.57 Å². The fourth-order valence-electron chi connectivity index (χ4n) is 5.33. The SMILES string of the molecule is CNC(=O)c1ccccc1Sc1ccc(C(=N)/C=C/c2ccccn2)c(NP(=O)(NC(C)C(=O)OC)Oc2cccc3sc4ccccc4c23)c1. The number of methoxy groups -OCH3 is 1. The van der Waals surface area contributed by atoms with Gasteiger partial charge in [0.05, 0.1) is 29.8 Å². The molecule has 4 N–H and O–H groups in total. The third kappa shape index (κ3) is 8.22. The number of benzene rings is 4. The Morgan fingerprint density at radius 3 is 2.49 bits per heavy atom. The van der Waals surface area contributed by atoms with Crippen LogP contribution in [0.25, 0.3) is 26.2 Å². The van der Waals surface area contributed by atoms with Crippen LogP contribution in [-0.2, 0) is 14.1 Å². The number of ether oxygens (including phenoxy) is 1. The van der Waals surface area contributed by atoms with Crippen molar-refractivity contribution < 1.29 is 23.4 Å². The molecule has 0 bridgehead atoms. The Morgan fingerprint density at radius 2 is 1.71 bits per heavy atom. The van der Waals surface area contributed by atoms with Crippen LogP contribution < -0.4 is 20.0 Å². The molecule has 4 aromatic carbocycles. The first-order valence-electron chi connectivity index (χ1n) is 15.8. The zero-order valence-corrected chi connectivity index (χ0v) is 30.4. The number of carbonyl (C=O) groups excluding carboxylic acids is 2. The molecule has 2 aromatic heterocycles. The lowest BCUT2D eigenvalue weighted by atomic mass is 10.1. The Bertz CT molecular complexity index is 2330. The lowest BCUT2D eigenvalue weighted by Gasteiger charge is -2.26. The molecule has 51 heavy (non-hydrogen) atoms. The van der Waals surface area contributed by atoms with Gasteiger partial charge < -0.3 is 20.0 Å². The van der Waals surface area contributed by atoms with Crippen LogP contribution >= 0.6 is 30.8 Å². The number of aromatic nitrogens is 1. The maximum absolute atomic E-state index is 15.1. The molecule has 2 atom stereocenters. The molecule has 0 spiro atoms. The molecule has 6 rings (SSSR count). The Balaban J connectivity index is 1.45. The zero-order chi connectivity index (χ0) is 36.0. The number of amides is 1. The van der Waals surface area contributed by atoms with Crippen LogP contribution in [0.4, 0.5) is 5.69 Å².